The van der Waals surface area contributed by atoms with Crippen LogP contribution in [0.5, 0.6) is 5.75 Å². The quantitative estimate of drug-likeness (QED) is 0.630. The maximum absolute atomic E-state index is 12.3. The van der Waals surface area contributed by atoms with Gasteiger partial charge in [0, 0.05) is 13.1 Å². The lowest BCUT2D eigenvalue weighted by atomic mass is 9.87. The second-order valence-electron chi connectivity index (χ2n) is 7.43. The van der Waals surface area contributed by atoms with Crippen LogP contribution in [0.3, 0.4) is 0 Å². The van der Waals surface area contributed by atoms with Crippen LogP contribution in [0.2, 0.25) is 0 Å². The molecule has 0 unspecified atom stereocenters. The van der Waals surface area contributed by atoms with Gasteiger partial charge in [0.15, 0.2) is 0 Å². The third-order valence-electron chi connectivity index (χ3n) is 4.11. The van der Waals surface area contributed by atoms with E-state index in [2.05, 4.69) is 30.8 Å². The Balaban J connectivity index is 1.71. The zero-order chi connectivity index (χ0) is 20.6. The Morgan fingerprint density at radius 3 is 2.21 bits per heavy atom. The van der Waals surface area contributed by atoms with Crippen molar-refractivity contribution in [3.8, 4) is 5.75 Å². The van der Waals surface area contributed by atoms with Crippen molar-refractivity contribution < 1.29 is 17.9 Å². The number of sulfonamides is 1. The van der Waals surface area contributed by atoms with Gasteiger partial charge in [-0.15, -0.1) is 0 Å². The highest BCUT2D eigenvalue weighted by molar-refractivity contribution is 7.89. The molecule has 0 radical (unpaired) electrons. The minimum atomic E-state index is -3.60. The number of rotatable bonds is 9. The fourth-order valence-corrected chi connectivity index (χ4v) is 3.50. The number of carbonyl (C=O) groups excluding carboxylic acids is 1. The monoisotopic (exact) mass is 404 g/mol. The van der Waals surface area contributed by atoms with Gasteiger partial charge in [0.05, 0.1) is 17.9 Å². The molecule has 7 heteroatoms. The molecule has 0 aromatic heterocycles. The molecule has 0 spiro atoms. The summed E-state index contributed by atoms with van der Waals surface area (Å²) in [5, 5.41) is 2.68. The Hall–Kier alpha value is -2.38. The van der Waals surface area contributed by atoms with Crippen LogP contribution in [0.15, 0.2) is 59.5 Å². The molecule has 0 aliphatic carbocycles. The van der Waals surface area contributed by atoms with Crippen molar-refractivity contribution in [2.24, 2.45) is 0 Å². The van der Waals surface area contributed by atoms with Crippen LogP contribution in [0.4, 0.5) is 0 Å². The van der Waals surface area contributed by atoms with Gasteiger partial charge in [-0.1, -0.05) is 51.1 Å². The number of nitrogens with one attached hydrogen (secondary N) is 2. The molecule has 0 fully saturated rings. The SMILES string of the molecule is CC(C)(C)c1ccc(S(=O)(=O)NCCNC(=O)CCOc2ccccc2)cc1. The number of benzene rings is 2. The molecule has 152 valence electrons. The third kappa shape index (κ3) is 6.98. The van der Waals surface area contributed by atoms with Crippen LogP contribution in [0.1, 0.15) is 32.8 Å². The first kappa shape index (κ1) is 21.9. The fraction of sp³-hybridized carbons (Fsp3) is 0.381. The molecular formula is C21H28N2O4S. The molecule has 0 atom stereocenters. The number of amides is 1. The first-order valence-corrected chi connectivity index (χ1v) is 10.7. The molecule has 6 nitrogen and oxygen atoms in total. The number of hydrogen-bond donors (Lipinski definition) is 2. The molecule has 0 heterocycles. The van der Waals surface area contributed by atoms with Crippen molar-refractivity contribution in [3.05, 3.63) is 60.2 Å². The molecule has 0 saturated heterocycles. The van der Waals surface area contributed by atoms with Crippen LogP contribution in [0, 0.1) is 0 Å². The summed E-state index contributed by atoms with van der Waals surface area (Å²) in [5.74, 6) is 0.519. The van der Waals surface area contributed by atoms with Crippen molar-refractivity contribution in [3.63, 3.8) is 0 Å². The molecule has 0 bridgehead atoms. The van der Waals surface area contributed by atoms with Gasteiger partial charge in [-0.3, -0.25) is 4.79 Å². The zero-order valence-electron chi connectivity index (χ0n) is 16.6. The molecule has 28 heavy (non-hydrogen) atoms. The smallest absolute Gasteiger partial charge is 0.240 e. The number of hydrogen-bond acceptors (Lipinski definition) is 4. The van der Waals surface area contributed by atoms with Crippen molar-refractivity contribution in [2.75, 3.05) is 19.7 Å². The van der Waals surface area contributed by atoms with Gasteiger partial charge in [-0.25, -0.2) is 13.1 Å². The minimum Gasteiger partial charge on any atom is -0.493 e. The van der Waals surface area contributed by atoms with Gasteiger partial charge in [-0.05, 0) is 35.2 Å². The highest BCUT2D eigenvalue weighted by Crippen LogP contribution is 2.23. The van der Waals surface area contributed by atoms with Gasteiger partial charge >= 0.3 is 0 Å². The lowest BCUT2D eigenvalue weighted by Crippen LogP contribution is -2.35. The van der Waals surface area contributed by atoms with Gasteiger partial charge in [0.2, 0.25) is 15.9 Å². The van der Waals surface area contributed by atoms with Gasteiger partial charge in [0.25, 0.3) is 0 Å². The molecule has 2 aromatic carbocycles. The topological polar surface area (TPSA) is 84.5 Å². The maximum Gasteiger partial charge on any atom is 0.240 e. The fourth-order valence-electron chi connectivity index (χ4n) is 2.47. The van der Waals surface area contributed by atoms with E-state index in [1.807, 2.05) is 42.5 Å². The Morgan fingerprint density at radius 1 is 0.964 bits per heavy atom. The second kappa shape index (κ2) is 9.71. The average Bonchev–Trinajstić information content (AvgIpc) is 2.65. The summed E-state index contributed by atoms with van der Waals surface area (Å²) in [6.45, 7) is 6.81. The molecule has 0 aliphatic heterocycles. The highest BCUT2D eigenvalue weighted by Gasteiger charge is 2.17. The van der Waals surface area contributed by atoms with E-state index in [1.165, 1.54) is 0 Å². The predicted molar refractivity (Wildman–Crippen MR) is 110 cm³/mol. The van der Waals surface area contributed by atoms with Crippen LogP contribution in [0.25, 0.3) is 0 Å². The molecule has 1 amide bonds. The average molecular weight is 405 g/mol. The lowest BCUT2D eigenvalue weighted by molar-refractivity contribution is -0.121. The molecule has 0 saturated carbocycles. The van der Waals surface area contributed by atoms with Crippen molar-refractivity contribution in [1.82, 2.24) is 10.0 Å². The number of carbonyl (C=O) groups is 1. The van der Waals surface area contributed by atoms with E-state index in [4.69, 9.17) is 4.74 Å². The summed E-state index contributed by atoms with van der Waals surface area (Å²) in [7, 11) is -3.60. The van der Waals surface area contributed by atoms with Crippen LogP contribution in [-0.4, -0.2) is 34.0 Å². The number of ether oxygens (including phenoxy) is 1. The minimum absolute atomic E-state index is 0.0375. The Bertz CT molecular complexity index is 858. The Kier molecular flexibility index (Phi) is 7.60. The summed E-state index contributed by atoms with van der Waals surface area (Å²) in [6.07, 6.45) is 0.204. The van der Waals surface area contributed by atoms with Crippen molar-refractivity contribution in [2.45, 2.75) is 37.5 Å². The summed E-state index contributed by atoms with van der Waals surface area (Å²) >= 11 is 0. The summed E-state index contributed by atoms with van der Waals surface area (Å²) in [4.78, 5) is 12.0. The highest BCUT2D eigenvalue weighted by atomic mass is 32.2. The van der Waals surface area contributed by atoms with Crippen LogP contribution < -0.4 is 14.8 Å². The standard InChI is InChI=1S/C21H28N2O4S/c1-21(2,3)17-9-11-19(12-10-17)28(25,26)23-15-14-22-20(24)13-16-27-18-7-5-4-6-8-18/h4-12,23H,13-16H2,1-3H3,(H,22,24). The first-order valence-electron chi connectivity index (χ1n) is 9.23. The van der Waals surface area contributed by atoms with E-state index >= 15 is 0 Å². The molecule has 0 aliphatic rings. The van der Waals surface area contributed by atoms with E-state index in [0.29, 0.717) is 5.75 Å². The molecule has 2 N–H and O–H groups in total. The summed E-state index contributed by atoms with van der Waals surface area (Å²) < 4.78 is 32.6. The van der Waals surface area contributed by atoms with Crippen LogP contribution in [-0.2, 0) is 20.2 Å². The first-order chi connectivity index (χ1) is 13.2. The second-order valence-corrected chi connectivity index (χ2v) is 9.20. The van der Waals surface area contributed by atoms with E-state index in [-0.39, 0.29) is 42.3 Å². The Labute approximate surface area is 167 Å². The third-order valence-corrected chi connectivity index (χ3v) is 5.59. The van der Waals surface area contributed by atoms with Crippen molar-refractivity contribution in [1.29, 1.82) is 0 Å². The van der Waals surface area contributed by atoms with E-state index in [0.717, 1.165) is 5.56 Å². The summed E-state index contributed by atoms with van der Waals surface area (Å²) in [6, 6.07) is 16.1. The van der Waals surface area contributed by atoms with E-state index in [9.17, 15) is 13.2 Å². The molecule has 2 rings (SSSR count). The Morgan fingerprint density at radius 2 is 1.61 bits per heavy atom. The normalized spacial score (nSPS) is 11.8. The molecule has 2 aromatic rings. The van der Waals surface area contributed by atoms with Crippen molar-refractivity contribution >= 4 is 15.9 Å². The van der Waals surface area contributed by atoms with Gasteiger partial charge < -0.3 is 10.1 Å². The number of para-hydroxylation sites is 1. The van der Waals surface area contributed by atoms with Crippen LogP contribution >= 0.6 is 0 Å². The largest absolute Gasteiger partial charge is 0.493 e. The molecular weight excluding hydrogens is 376 g/mol. The predicted octanol–water partition coefficient (Wildman–Crippen LogP) is 2.85. The van der Waals surface area contributed by atoms with E-state index in [1.54, 1.807) is 12.1 Å². The van der Waals surface area contributed by atoms with E-state index < -0.39 is 10.0 Å². The maximum atomic E-state index is 12.3. The van der Waals surface area contributed by atoms with Gasteiger partial charge in [0.1, 0.15) is 5.75 Å². The van der Waals surface area contributed by atoms with Gasteiger partial charge in [-0.2, -0.15) is 0 Å². The lowest BCUT2D eigenvalue weighted by Gasteiger charge is -2.19. The summed E-state index contributed by atoms with van der Waals surface area (Å²) in [5.41, 5.74) is 1.03. The zero-order valence-corrected chi connectivity index (χ0v) is 17.4.